The van der Waals surface area contributed by atoms with Gasteiger partial charge in [-0.3, -0.25) is 0 Å². The van der Waals surface area contributed by atoms with Crippen molar-refractivity contribution in [2.45, 2.75) is 19.5 Å². The van der Waals surface area contributed by atoms with E-state index in [2.05, 4.69) is 9.89 Å². The molecule has 0 aliphatic rings. The summed E-state index contributed by atoms with van der Waals surface area (Å²) in [6.45, 7) is 0.716. The summed E-state index contributed by atoms with van der Waals surface area (Å²) in [5, 5.41) is 11.5. The number of nitrogens with zero attached hydrogens (tertiary/aromatic N) is 1. The predicted molar refractivity (Wildman–Crippen MR) is 70.7 cm³/mol. The average Bonchev–Trinajstić information content (AvgIpc) is 2.42. The molecule has 1 aromatic carbocycles. The molecule has 0 unspecified atom stereocenters. The third kappa shape index (κ3) is 6.35. The number of benzene rings is 1. The Morgan fingerprint density at radius 2 is 2.05 bits per heavy atom. The largest absolute Gasteiger partial charge is 0.493 e. The molecular formula is C13H17F3N2O3. The Balaban J connectivity index is 2.41. The van der Waals surface area contributed by atoms with Crippen molar-refractivity contribution in [1.82, 2.24) is 0 Å². The summed E-state index contributed by atoms with van der Waals surface area (Å²) in [4.78, 5) is 0. The Kier molecular flexibility index (Phi) is 6.29. The molecule has 0 saturated carbocycles. The van der Waals surface area contributed by atoms with E-state index in [-0.39, 0.29) is 19.0 Å². The van der Waals surface area contributed by atoms with Crippen LogP contribution in [-0.4, -0.2) is 37.0 Å². The van der Waals surface area contributed by atoms with Crippen molar-refractivity contribution in [3.8, 4) is 5.75 Å². The summed E-state index contributed by atoms with van der Waals surface area (Å²) in [6, 6.07) is 5.01. The fourth-order valence-electron chi connectivity index (χ4n) is 1.50. The Labute approximate surface area is 120 Å². The summed E-state index contributed by atoms with van der Waals surface area (Å²) in [6.07, 6.45) is -3.99. The molecule has 21 heavy (non-hydrogen) atoms. The molecule has 5 nitrogen and oxygen atoms in total. The van der Waals surface area contributed by atoms with E-state index < -0.39 is 12.8 Å². The highest BCUT2D eigenvalue weighted by atomic mass is 19.4. The summed E-state index contributed by atoms with van der Waals surface area (Å²) < 4.78 is 45.4. The molecule has 0 aromatic heterocycles. The molecule has 8 heteroatoms. The van der Waals surface area contributed by atoms with Crippen LogP contribution in [0.3, 0.4) is 0 Å². The minimum absolute atomic E-state index is 0.0432. The second kappa shape index (κ2) is 7.72. The first-order valence-electron chi connectivity index (χ1n) is 6.19. The third-order valence-corrected chi connectivity index (χ3v) is 2.55. The minimum Gasteiger partial charge on any atom is -0.493 e. The van der Waals surface area contributed by atoms with E-state index in [1.165, 1.54) is 0 Å². The smallest absolute Gasteiger partial charge is 0.411 e. The summed E-state index contributed by atoms with van der Waals surface area (Å²) in [7, 11) is 0. The molecule has 0 spiro atoms. The maximum Gasteiger partial charge on any atom is 0.411 e. The SMILES string of the molecule is Cc1ccc(/C(N)=N/O)cc1OCCCOCC(F)(F)F. The van der Waals surface area contributed by atoms with Crippen LogP contribution < -0.4 is 10.5 Å². The lowest BCUT2D eigenvalue weighted by Crippen LogP contribution is -2.18. The number of nitrogens with two attached hydrogens (primary N) is 1. The Hall–Kier alpha value is -1.96. The van der Waals surface area contributed by atoms with Crippen LogP contribution in [0, 0.1) is 6.92 Å². The van der Waals surface area contributed by atoms with Gasteiger partial charge in [-0.25, -0.2) is 0 Å². The number of alkyl halides is 3. The van der Waals surface area contributed by atoms with Crippen LogP contribution in [0.5, 0.6) is 5.75 Å². The molecule has 1 aromatic rings. The molecule has 118 valence electrons. The molecule has 0 fully saturated rings. The second-order valence-electron chi connectivity index (χ2n) is 4.34. The lowest BCUT2D eigenvalue weighted by atomic mass is 10.1. The summed E-state index contributed by atoms with van der Waals surface area (Å²) in [5.74, 6) is 0.475. The molecule has 0 atom stereocenters. The lowest BCUT2D eigenvalue weighted by Gasteiger charge is -2.11. The lowest BCUT2D eigenvalue weighted by molar-refractivity contribution is -0.174. The number of halogens is 3. The maximum absolute atomic E-state index is 11.8. The number of amidine groups is 1. The highest BCUT2D eigenvalue weighted by molar-refractivity contribution is 5.97. The molecule has 3 N–H and O–H groups in total. The Bertz CT molecular complexity index is 490. The maximum atomic E-state index is 11.8. The van der Waals surface area contributed by atoms with Crippen LogP contribution in [0.15, 0.2) is 23.4 Å². The average molecular weight is 306 g/mol. The van der Waals surface area contributed by atoms with E-state index in [1.807, 2.05) is 6.92 Å². The fourth-order valence-corrected chi connectivity index (χ4v) is 1.50. The highest BCUT2D eigenvalue weighted by Crippen LogP contribution is 2.20. The van der Waals surface area contributed by atoms with Gasteiger partial charge in [0.15, 0.2) is 5.84 Å². The molecule has 0 amide bonds. The normalized spacial score (nSPS) is 12.5. The molecule has 0 bridgehead atoms. The van der Waals surface area contributed by atoms with Gasteiger partial charge in [0.25, 0.3) is 0 Å². The second-order valence-corrected chi connectivity index (χ2v) is 4.34. The van der Waals surface area contributed by atoms with Crippen LogP contribution in [0.2, 0.25) is 0 Å². The molecule has 0 aliphatic carbocycles. The standard InChI is InChI=1S/C13H17F3N2O3/c1-9-3-4-10(12(17)18-19)7-11(9)21-6-2-5-20-8-13(14,15)16/h3-4,7,19H,2,5-6,8H2,1H3,(H2,17,18). The molecule has 0 aliphatic heterocycles. The van der Waals surface area contributed by atoms with Crippen molar-refractivity contribution in [2.24, 2.45) is 10.9 Å². The van der Waals surface area contributed by atoms with Gasteiger partial charge in [-0.05, 0) is 18.6 Å². The highest BCUT2D eigenvalue weighted by Gasteiger charge is 2.27. The van der Waals surface area contributed by atoms with Crippen LogP contribution in [0.1, 0.15) is 17.5 Å². The first-order chi connectivity index (χ1) is 9.83. The van der Waals surface area contributed by atoms with Crippen molar-refractivity contribution in [1.29, 1.82) is 0 Å². The minimum atomic E-state index is -4.31. The van der Waals surface area contributed by atoms with Crippen molar-refractivity contribution < 1.29 is 27.9 Å². The van der Waals surface area contributed by atoms with E-state index in [4.69, 9.17) is 15.7 Å². The van der Waals surface area contributed by atoms with Gasteiger partial charge in [0, 0.05) is 12.0 Å². The Morgan fingerprint density at radius 3 is 2.67 bits per heavy atom. The fraction of sp³-hybridized carbons (Fsp3) is 0.462. The monoisotopic (exact) mass is 306 g/mol. The zero-order chi connectivity index (χ0) is 15.9. The molecule has 1 rings (SSSR count). The van der Waals surface area contributed by atoms with Crippen LogP contribution in [0.4, 0.5) is 13.2 Å². The van der Waals surface area contributed by atoms with Crippen molar-refractivity contribution >= 4 is 5.84 Å². The van der Waals surface area contributed by atoms with Crippen LogP contribution in [0.25, 0.3) is 0 Å². The van der Waals surface area contributed by atoms with Gasteiger partial charge in [0.2, 0.25) is 0 Å². The molecule has 0 saturated heterocycles. The first kappa shape index (κ1) is 17.1. The molecule has 0 heterocycles. The van der Waals surface area contributed by atoms with Crippen LogP contribution in [-0.2, 0) is 4.74 Å². The van der Waals surface area contributed by atoms with Gasteiger partial charge in [-0.15, -0.1) is 0 Å². The van der Waals surface area contributed by atoms with E-state index >= 15 is 0 Å². The zero-order valence-corrected chi connectivity index (χ0v) is 11.5. The Morgan fingerprint density at radius 1 is 1.33 bits per heavy atom. The number of ether oxygens (including phenoxy) is 2. The number of rotatable bonds is 7. The summed E-state index contributed by atoms with van der Waals surface area (Å²) in [5.41, 5.74) is 6.79. The van der Waals surface area contributed by atoms with E-state index in [9.17, 15) is 13.2 Å². The number of oxime groups is 1. The van der Waals surface area contributed by atoms with Crippen molar-refractivity contribution in [3.05, 3.63) is 29.3 Å². The number of aryl methyl sites for hydroxylation is 1. The van der Waals surface area contributed by atoms with Gasteiger partial charge < -0.3 is 20.4 Å². The predicted octanol–water partition coefficient (Wildman–Crippen LogP) is 2.44. The van der Waals surface area contributed by atoms with Crippen molar-refractivity contribution in [3.63, 3.8) is 0 Å². The van der Waals surface area contributed by atoms with Gasteiger partial charge in [0.05, 0.1) is 13.2 Å². The quantitative estimate of drug-likeness (QED) is 0.267. The summed E-state index contributed by atoms with van der Waals surface area (Å²) >= 11 is 0. The topological polar surface area (TPSA) is 77.1 Å². The zero-order valence-electron chi connectivity index (χ0n) is 11.5. The first-order valence-corrected chi connectivity index (χ1v) is 6.19. The van der Waals surface area contributed by atoms with Gasteiger partial charge >= 0.3 is 6.18 Å². The van der Waals surface area contributed by atoms with Crippen LogP contribution >= 0.6 is 0 Å². The molecule has 0 radical (unpaired) electrons. The molecular weight excluding hydrogens is 289 g/mol. The number of hydrogen-bond donors (Lipinski definition) is 2. The van der Waals surface area contributed by atoms with Gasteiger partial charge in [0.1, 0.15) is 12.4 Å². The number of hydrogen-bond acceptors (Lipinski definition) is 4. The van der Waals surface area contributed by atoms with Gasteiger partial charge in [-0.2, -0.15) is 13.2 Å². The van der Waals surface area contributed by atoms with Crippen molar-refractivity contribution in [2.75, 3.05) is 19.8 Å². The van der Waals surface area contributed by atoms with Gasteiger partial charge in [-0.1, -0.05) is 17.3 Å². The van der Waals surface area contributed by atoms with E-state index in [0.29, 0.717) is 17.7 Å². The third-order valence-electron chi connectivity index (χ3n) is 2.55. The van der Waals surface area contributed by atoms with E-state index in [1.54, 1.807) is 18.2 Å². The van der Waals surface area contributed by atoms with E-state index in [0.717, 1.165) is 5.56 Å².